The molecule has 2 aliphatic rings. The van der Waals surface area contributed by atoms with Gasteiger partial charge in [-0.3, -0.25) is 10.1 Å². The van der Waals surface area contributed by atoms with E-state index in [1.807, 2.05) is 0 Å². The van der Waals surface area contributed by atoms with E-state index in [9.17, 15) is 10.1 Å². The summed E-state index contributed by atoms with van der Waals surface area (Å²) < 4.78 is 10.3. The fourth-order valence-electron chi connectivity index (χ4n) is 1.78. The molecule has 9 heteroatoms. The largest absolute Gasteiger partial charge is 0.472 e. The van der Waals surface area contributed by atoms with Gasteiger partial charge in [-0.25, -0.2) is 0 Å². The average Bonchev–Trinajstić information content (AvgIpc) is 2.92. The molecular formula is C10H13Cl2N3O4. The number of allylic oxidation sites excluding steroid dienone is 1. The Labute approximate surface area is 119 Å². The molecule has 0 saturated carbocycles. The maximum atomic E-state index is 11.1. The van der Waals surface area contributed by atoms with Crippen molar-refractivity contribution in [3.63, 3.8) is 0 Å². The Balaban J connectivity index is 2.29. The second kappa shape index (κ2) is 6.31. The predicted molar refractivity (Wildman–Crippen MR) is 69.1 cm³/mol. The van der Waals surface area contributed by atoms with Crippen molar-refractivity contribution in [3.8, 4) is 0 Å². The third-order valence-electron chi connectivity index (χ3n) is 2.71. The van der Waals surface area contributed by atoms with Gasteiger partial charge in [0.1, 0.15) is 11.8 Å². The summed E-state index contributed by atoms with van der Waals surface area (Å²) in [4.78, 5) is 12.3. The number of rotatable bonds is 3. The van der Waals surface area contributed by atoms with E-state index in [0.29, 0.717) is 39.5 Å². The van der Waals surface area contributed by atoms with Gasteiger partial charge in [-0.1, -0.05) is 23.2 Å². The first kappa shape index (κ1) is 14.2. The predicted octanol–water partition coefficient (Wildman–Crippen LogP) is 1.03. The molecule has 0 bridgehead atoms. The summed E-state index contributed by atoms with van der Waals surface area (Å²) in [5.41, 5.74) is -0.337. The van der Waals surface area contributed by atoms with Crippen LogP contribution in [0.4, 0.5) is 0 Å². The number of hydrogen-bond acceptors (Lipinski definition) is 6. The molecular weight excluding hydrogens is 297 g/mol. The van der Waals surface area contributed by atoms with Crippen LogP contribution in [-0.4, -0.2) is 49.3 Å². The van der Waals surface area contributed by atoms with Crippen LogP contribution in [-0.2, 0) is 9.47 Å². The molecule has 2 fully saturated rings. The fourth-order valence-corrected chi connectivity index (χ4v) is 2.31. The fraction of sp³-hybridized carbons (Fsp3) is 0.600. The first-order chi connectivity index (χ1) is 9.11. The molecule has 7 nitrogen and oxygen atoms in total. The van der Waals surface area contributed by atoms with Gasteiger partial charge in [0.25, 0.3) is 5.88 Å². The summed E-state index contributed by atoms with van der Waals surface area (Å²) in [7, 11) is 0. The lowest BCUT2D eigenvalue weighted by atomic mass is 10.4. The minimum absolute atomic E-state index is 0.0569. The van der Waals surface area contributed by atoms with Crippen LogP contribution in [0.25, 0.3) is 0 Å². The van der Waals surface area contributed by atoms with Crippen molar-refractivity contribution in [2.24, 2.45) is 0 Å². The van der Waals surface area contributed by atoms with Gasteiger partial charge < -0.3 is 19.7 Å². The third kappa shape index (κ3) is 3.23. The molecule has 0 aromatic carbocycles. The second-order valence-electron chi connectivity index (χ2n) is 3.91. The number of nitrogens with one attached hydrogen (secondary N) is 1. The van der Waals surface area contributed by atoms with E-state index < -0.39 is 4.92 Å². The molecule has 0 radical (unpaired) electrons. The van der Waals surface area contributed by atoms with Crippen molar-refractivity contribution in [1.82, 2.24) is 10.2 Å². The van der Waals surface area contributed by atoms with Crippen LogP contribution in [0.3, 0.4) is 0 Å². The molecule has 0 spiro atoms. The van der Waals surface area contributed by atoms with Gasteiger partial charge in [0.2, 0.25) is 0 Å². The number of ether oxygens (including phenoxy) is 2. The Bertz CT molecular complexity index is 424. The zero-order chi connectivity index (χ0) is 13.8. The summed E-state index contributed by atoms with van der Waals surface area (Å²) in [6, 6.07) is 0. The molecule has 19 heavy (non-hydrogen) atoms. The molecule has 2 rings (SSSR count). The van der Waals surface area contributed by atoms with E-state index in [4.69, 9.17) is 32.7 Å². The number of nitro groups is 1. The molecule has 0 aliphatic carbocycles. The van der Waals surface area contributed by atoms with E-state index in [1.165, 1.54) is 0 Å². The molecule has 106 valence electrons. The van der Waals surface area contributed by atoms with Crippen molar-refractivity contribution >= 4 is 23.2 Å². The van der Waals surface area contributed by atoms with E-state index >= 15 is 0 Å². The maximum Gasteiger partial charge on any atom is 0.349 e. The lowest BCUT2D eigenvalue weighted by Crippen LogP contribution is -2.35. The second-order valence-corrected chi connectivity index (χ2v) is 4.65. The highest BCUT2D eigenvalue weighted by molar-refractivity contribution is 6.40. The van der Waals surface area contributed by atoms with Crippen molar-refractivity contribution in [2.75, 3.05) is 39.5 Å². The molecule has 1 N–H and O–H groups in total. The van der Waals surface area contributed by atoms with Crippen molar-refractivity contribution in [3.05, 3.63) is 31.9 Å². The lowest BCUT2D eigenvalue weighted by molar-refractivity contribution is -0.423. The minimum Gasteiger partial charge on any atom is -0.472 e. The molecule has 0 amide bonds. The van der Waals surface area contributed by atoms with Crippen LogP contribution in [0.1, 0.15) is 0 Å². The number of halogens is 2. The summed E-state index contributed by atoms with van der Waals surface area (Å²) in [6.07, 6.45) is 0. The Morgan fingerprint density at radius 1 is 1.32 bits per heavy atom. The molecule has 0 aromatic rings. The monoisotopic (exact) mass is 309 g/mol. The zero-order valence-corrected chi connectivity index (χ0v) is 11.5. The van der Waals surface area contributed by atoms with Gasteiger partial charge in [0, 0.05) is 13.1 Å². The summed E-state index contributed by atoms with van der Waals surface area (Å²) in [6.45, 7) is 2.99. The van der Waals surface area contributed by atoms with Crippen LogP contribution in [0.15, 0.2) is 21.8 Å². The highest BCUT2D eigenvalue weighted by atomic mass is 35.5. The molecule has 0 aromatic heterocycles. The van der Waals surface area contributed by atoms with Crippen molar-refractivity contribution in [2.45, 2.75) is 0 Å². The number of hydrogen-bond donors (Lipinski definition) is 1. The standard InChI is InChI=1S/C10H13Cl2N3O4/c11-7(9(12)14-2-5-18-6-3-14)8(15(16)17)10-13-1-4-19-10/h13H,1-6H2/b9-7-,10-8?. The summed E-state index contributed by atoms with van der Waals surface area (Å²) in [5, 5.41) is 13.9. The van der Waals surface area contributed by atoms with Crippen molar-refractivity contribution in [1.29, 1.82) is 0 Å². The molecule has 2 heterocycles. The Kier molecular flexibility index (Phi) is 4.73. The average molecular weight is 310 g/mol. The summed E-state index contributed by atoms with van der Waals surface area (Å²) >= 11 is 12.2. The van der Waals surface area contributed by atoms with Gasteiger partial charge in [0.15, 0.2) is 5.03 Å². The lowest BCUT2D eigenvalue weighted by Gasteiger charge is -2.28. The topological polar surface area (TPSA) is 76.9 Å². The molecule has 2 saturated heterocycles. The quantitative estimate of drug-likeness (QED) is 0.477. The smallest absolute Gasteiger partial charge is 0.349 e. The SMILES string of the molecule is O=[N+]([O-])C(=C1NCCO1)/C(Cl)=C(\Cl)N1CCOCC1. The Morgan fingerprint density at radius 3 is 2.53 bits per heavy atom. The number of morpholine rings is 1. The van der Waals surface area contributed by atoms with Crippen molar-refractivity contribution < 1.29 is 14.4 Å². The van der Waals surface area contributed by atoms with Crippen LogP contribution >= 0.6 is 23.2 Å². The Morgan fingerprint density at radius 2 is 2.00 bits per heavy atom. The Hall–Kier alpha value is -1.18. The zero-order valence-electron chi connectivity index (χ0n) is 10.0. The molecule has 0 unspecified atom stereocenters. The highest BCUT2D eigenvalue weighted by Gasteiger charge is 2.31. The first-order valence-electron chi connectivity index (χ1n) is 5.75. The van der Waals surface area contributed by atoms with Crippen LogP contribution < -0.4 is 5.32 Å². The highest BCUT2D eigenvalue weighted by Crippen LogP contribution is 2.28. The van der Waals surface area contributed by atoms with Gasteiger partial charge in [-0.15, -0.1) is 0 Å². The minimum atomic E-state index is -0.598. The first-order valence-corrected chi connectivity index (χ1v) is 6.50. The van der Waals surface area contributed by atoms with E-state index in [2.05, 4.69) is 5.32 Å². The van der Waals surface area contributed by atoms with E-state index in [1.54, 1.807) is 4.90 Å². The van der Waals surface area contributed by atoms with E-state index in [-0.39, 0.29) is 21.8 Å². The van der Waals surface area contributed by atoms with Crippen LogP contribution in [0.2, 0.25) is 0 Å². The van der Waals surface area contributed by atoms with Gasteiger partial charge in [-0.05, 0) is 0 Å². The summed E-state index contributed by atoms with van der Waals surface area (Å²) in [5.74, 6) is 0.0569. The third-order valence-corrected chi connectivity index (χ3v) is 3.59. The normalized spacial score (nSPS) is 23.4. The van der Waals surface area contributed by atoms with E-state index in [0.717, 1.165) is 0 Å². The number of nitrogens with zero attached hydrogens (tertiary/aromatic N) is 2. The molecule has 2 aliphatic heterocycles. The van der Waals surface area contributed by atoms with Gasteiger partial charge in [0.05, 0.1) is 24.7 Å². The molecule has 0 atom stereocenters. The van der Waals surface area contributed by atoms with Crippen LogP contribution in [0.5, 0.6) is 0 Å². The maximum absolute atomic E-state index is 11.1. The van der Waals surface area contributed by atoms with Gasteiger partial charge in [-0.2, -0.15) is 0 Å². The van der Waals surface area contributed by atoms with Gasteiger partial charge >= 0.3 is 5.70 Å². The van der Waals surface area contributed by atoms with Crippen LogP contribution in [0, 0.1) is 10.1 Å².